The number of aromatic nitrogens is 3. The minimum absolute atomic E-state index is 0.0810. The van der Waals surface area contributed by atoms with Gasteiger partial charge in [-0.3, -0.25) is 14.0 Å². The Morgan fingerprint density at radius 3 is 2.93 bits per heavy atom. The van der Waals surface area contributed by atoms with Gasteiger partial charge >= 0.3 is 0 Å². The van der Waals surface area contributed by atoms with Crippen LogP contribution in [-0.2, 0) is 4.79 Å². The Hall–Kier alpha value is -3.62. The molecule has 1 N–H and O–H groups in total. The van der Waals surface area contributed by atoms with Gasteiger partial charge in [0.05, 0.1) is 23.8 Å². The zero-order chi connectivity index (χ0) is 20.5. The van der Waals surface area contributed by atoms with Crippen molar-refractivity contribution in [3.8, 4) is 5.75 Å². The van der Waals surface area contributed by atoms with E-state index in [-0.39, 0.29) is 24.3 Å². The molecule has 0 bridgehead atoms. The number of rotatable bonds is 4. The SMILES string of the molecule is CN(C)C(=O)c1ccc2c(c1)N(C)C(CC(=O)Nc1cccn3cnnc13)CO2. The van der Waals surface area contributed by atoms with E-state index < -0.39 is 0 Å². The molecule has 0 spiro atoms. The van der Waals surface area contributed by atoms with E-state index in [1.54, 1.807) is 49.1 Å². The molecule has 3 aromatic rings. The van der Waals surface area contributed by atoms with Crippen molar-refractivity contribution in [3.05, 3.63) is 48.4 Å². The highest BCUT2D eigenvalue weighted by atomic mass is 16.5. The topological polar surface area (TPSA) is 92.1 Å². The van der Waals surface area contributed by atoms with Gasteiger partial charge in [0.25, 0.3) is 5.91 Å². The molecule has 0 saturated carbocycles. The lowest BCUT2D eigenvalue weighted by Crippen LogP contribution is -2.42. The predicted octanol–water partition coefficient (Wildman–Crippen LogP) is 1.66. The summed E-state index contributed by atoms with van der Waals surface area (Å²) in [6, 6.07) is 8.80. The Labute approximate surface area is 167 Å². The van der Waals surface area contributed by atoms with Gasteiger partial charge in [-0.2, -0.15) is 0 Å². The van der Waals surface area contributed by atoms with Crippen molar-refractivity contribution >= 4 is 28.8 Å². The summed E-state index contributed by atoms with van der Waals surface area (Å²) >= 11 is 0. The minimum atomic E-state index is -0.162. The molecule has 0 fully saturated rings. The predicted molar refractivity (Wildman–Crippen MR) is 108 cm³/mol. The molecule has 2 amide bonds. The Morgan fingerprint density at radius 1 is 1.31 bits per heavy atom. The number of amides is 2. The number of nitrogens with zero attached hydrogens (tertiary/aromatic N) is 5. The van der Waals surface area contributed by atoms with E-state index in [0.29, 0.717) is 29.3 Å². The van der Waals surface area contributed by atoms with Crippen LogP contribution in [0.15, 0.2) is 42.9 Å². The molecule has 29 heavy (non-hydrogen) atoms. The fraction of sp³-hybridized carbons (Fsp3) is 0.300. The van der Waals surface area contributed by atoms with E-state index in [1.165, 1.54) is 4.90 Å². The van der Waals surface area contributed by atoms with Crippen LogP contribution in [-0.4, -0.2) is 65.1 Å². The van der Waals surface area contributed by atoms with Gasteiger partial charge in [0.1, 0.15) is 18.7 Å². The Morgan fingerprint density at radius 2 is 2.14 bits per heavy atom. The fourth-order valence-electron chi connectivity index (χ4n) is 3.36. The summed E-state index contributed by atoms with van der Waals surface area (Å²) in [4.78, 5) is 28.4. The molecule has 4 rings (SSSR count). The van der Waals surface area contributed by atoms with Gasteiger partial charge in [-0.25, -0.2) is 0 Å². The molecule has 1 aromatic carbocycles. The third-order valence-electron chi connectivity index (χ3n) is 4.99. The van der Waals surface area contributed by atoms with Crippen LogP contribution in [0.2, 0.25) is 0 Å². The highest BCUT2D eigenvalue weighted by Crippen LogP contribution is 2.34. The molecular weight excluding hydrogens is 372 g/mol. The van der Waals surface area contributed by atoms with Crippen LogP contribution < -0.4 is 15.0 Å². The summed E-state index contributed by atoms with van der Waals surface area (Å²) in [5.41, 5.74) is 2.56. The summed E-state index contributed by atoms with van der Waals surface area (Å²) < 4.78 is 7.58. The monoisotopic (exact) mass is 394 g/mol. The van der Waals surface area contributed by atoms with E-state index >= 15 is 0 Å². The number of anilines is 2. The van der Waals surface area contributed by atoms with E-state index in [4.69, 9.17) is 4.74 Å². The van der Waals surface area contributed by atoms with E-state index in [2.05, 4.69) is 15.5 Å². The van der Waals surface area contributed by atoms with Crippen molar-refractivity contribution in [1.82, 2.24) is 19.5 Å². The van der Waals surface area contributed by atoms with Gasteiger partial charge in [0.15, 0.2) is 5.65 Å². The van der Waals surface area contributed by atoms with Gasteiger partial charge in [0, 0.05) is 32.9 Å². The zero-order valence-corrected chi connectivity index (χ0v) is 16.5. The zero-order valence-electron chi connectivity index (χ0n) is 16.5. The summed E-state index contributed by atoms with van der Waals surface area (Å²) in [6.07, 6.45) is 3.63. The minimum Gasteiger partial charge on any atom is -0.489 e. The smallest absolute Gasteiger partial charge is 0.253 e. The average molecular weight is 394 g/mol. The number of carbonyl (C=O) groups is 2. The molecule has 1 aliphatic heterocycles. The Balaban J connectivity index is 1.49. The molecule has 1 unspecified atom stereocenters. The van der Waals surface area contributed by atoms with E-state index in [0.717, 1.165) is 5.69 Å². The number of pyridine rings is 1. The number of likely N-dealkylation sites (N-methyl/N-ethyl adjacent to an activating group) is 1. The number of nitrogens with one attached hydrogen (secondary N) is 1. The molecule has 1 atom stereocenters. The van der Waals surface area contributed by atoms with Crippen molar-refractivity contribution in [2.45, 2.75) is 12.5 Å². The Bertz CT molecular complexity index is 1080. The second kappa shape index (κ2) is 7.42. The summed E-state index contributed by atoms with van der Waals surface area (Å²) in [7, 11) is 5.33. The second-order valence-electron chi connectivity index (χ2n) is 7.19. The van der Waals surface area contributed by atoms with E-state index in [9.17, 15) is 9.59 Å². The maximum atomic E-state index is 12.7. The van der Waals surface area contributed by atoms with Crippen molar-refractivity contribution in [3.63, 3.8) is 0 Å². The standard InChI is InChI=1S/C20H22N6O3/c1-24(2)20(28)13-6-7-17-16(9-13)25(3)14(11-29-17)10-18(27)22-15-5-4-8-26-12-21-23-19(15)26/h4-9,12,14H,10-11H2,1-3H3,(H,22,27). The van der Waals surface area contributed by atoms with Gasteiger partial charge in [0.2, 0.25) is 5.91 Å². The maximum absolute atomic E-state index is 12.7. The molecule has 2 aromatic heterocycles. The molecule has 0 radical (unpaired) electrons. The van der Waals surface area contributed by atoms with Crippen LogP contribution in [0.25, 0.3) is 5.65 Å². The van der Waals surface area contributed by atoms with Crippen LogP contribution in [0.4, 0.5) is 11.4 Å². The fourth-order valence-corrected chi connectivity index (χ4v) is 3.36. The number of benzene rings is 1. The number of hydrogen-bond acceptors (Lipinski definition) is 6. The molecule has 9 nitrogen and oxygen atoms in total. The normalized spacial score (nSPS) is 15.6. The molecule has 1 aliphatic rings. The van der Waals surface area contributed by atoms with Gasteiger partial charge in [-0.1, -0.05) is 0 Å². The van der Waals surface area contributed by atoms with Crippen molar-refractivity contribution in [1.29, 1.82) is 0 Å². The van der Waals surface area contributed by atoms with Crippen molar-refractivity contribution in [2.75, 3.05) is 38.0 Å². The average Bonchev–Trinajstić information content (AvgIpc) is 3.19. The van der Waals surface area contributed by atoms with Crippen molar-refractivity contribution < 1.29 is 14.3 Å². The number of fused-ring (bicyclic) bond motifs is 2. The van der Waals surface area contributed by atoms with E-state index in [1.807, 2.05) is 24.2 Å². The van der Waals surface area contributed by atoms with Crippen LogP contribution >= 0.6 is 0 Å². The first-order chi connectivity index (χ1) is 13.9. The van der Waals surface area contributed by atoms with Crippen LogP contribution in [0.5, 0.6) is 5.75 Å². The lowest BCUT2D eigenvalue weighted by molar-refractivity contribution is -0.116. The Kier molecular flexibility index (Phi) is 4.79. The third kappa shape index (κ3) is 3.58. The third-order valence-corrected chi connectivity index (χ3v) is 4.99. The summed E-state index contributed by atoms with van der Waals surface area (Å²) in [5, 5.41) is 10.8. The number of hydrogen-bond donors (Lipinski definition) is 1. The highest BCUT2D eigenvalue weighted by molar-refractivity contribution is 5.96. The first-order valence-corrected chi connectivity index (χ1v) is 9.23. The van der Waals surface area contributed by atoms with Crippen molar-refractivity contribution in [2.24, 2.45) is 0 Å². The lowest BCUT2D eigenvalue weighted by atomic mass is 10.1. The highest BCUT2D eigenvalue weighted by Gasteiger charge is 2.28. The largest absolute Gasteiger partial charge is 0.489 e. The number of ether oxygens (including phenoxy) is 1. The van der Waals surface area contributed by atoms with Gasteiger partial charge in [-0.15, -0.1) is 10.2 Å². The summed E-state index contributed by atoms with van der Waals surface area (Å²) in [6.45, 7) is 0.382. The molecule has 0 aliphatic carbocycles. The maximum Gasteiger partial charge on any atom is 0.253 e. The second-order valence-corrected chi connectivity index (χ2v) is 7.19. The van der Waals surface area contributed by atoms with Gasteiger partial charge < -0.3 is 19.9 Å². The molecule has 3 heterocycles. The van der Waals surface area contributed by atoms with Crippen LogP contribution in [0.3, 0.4) is 0 Å². The number of carbonyl (C=O) groups excluding carboxylic acids is 2. The van der Waals surface area contributed by atoms with Crippen LogP contribution in [0.1, 0.15) is 16.8 Å². The molecule has 0 saturated heterocycles. The molecule has 150 valence electrons. The van der Waals surface area contributed by atoms with Gasteiger partial charge in [-0.05, 0) is 30.3 Å². The van der Waals surface area contributed by atoms with Crippen LogP contribution in [0, 0.1) is 0 Å². The quantitative estimate of drug-likeness (QED) is 0.724. The molecule has 9 heteroatoms. The molecular formula is C20H22N6O3. The lowest BCUT2D eigenvalue weighted by Gasteiger charge is -2.35. The summed E-state index contributed by atoms with van der Waals surface area (Å²) in [5.74, 6) is 0.473. The first-order valence-electron chi connectivity index (χ1n) is 9.23. The first kappa shape index (κ1) is 18.7.